The van der Waals surface area contributed by atoms with E-state index in [1.165, 1.54) is 0 Å². The van der Waals surface area contributed by atoms with E-state index >= 15 is 0 Å². The third kappa shape index (κ3) is 3.45. The zero-order valence-electron chi connectivity index (χ0n) is 7.47. The van der Waals surface area contributed by atoms with Gasteiger partial charge in [-0.15, -0.1) is 0 Å². The molecule has 0 amide bonds. The van der Waals surface area contributed by atoms with Crippen LogP contribution in [0.2, 0.25) is 5.02 Å². The molecule has 0 aliphatic carbocycles. The lowest BCUT2D eigenvalue weighted by Crippen LogP contribution is -2.05. The Morgan fingerprint density at radius 1 is 1.62 bits per heavy atom. The van der Waals surface area contributed by atoms with Crippen LogP contribution in [0.3, 0.4) is 0 Å². The number of halogens is 1. The van der Waals surface area contributed by atoms with Gasteiger partial charge in [-0.3, -0.25) is 4.98 Å². The molecular weight excluding hydrogens is 184 g/mol. The molecular formula is C10H11ClN2. The first-order valence-corrected chi connectivity index (χ1v) is 4.45. The van der Waals surface area contributed by atoms with Gasteiger partial charge in [0.2, 0.25) is 0 Å². The fourth-order valence-corrected chi connectivity index (χ4v) is 0.988. The Morgan fingerprint density at radius 2 is 2.46 bits per heavy atom. The molecule has 0 saturated carbocycles. The van der Waals surface area contributed by atoms with Gasteiger partial charge in [-0.1, -0.05) is 23.4 Å². The fourth-order valence-electron chi connectivity index (χ4n) is 0.822. The first-order valence-electron chi connectivity index (χ1n) is 4.07. The van der Waals surface area contributed by atoms with E-state index in [9.17, 15) is 0 Å². The Balaban J connectivity index is 2.61. The van der Waals surface area contributed by atoms with Gasteiger partial charge in [0.05, 0.1) is 5.02 Å². The lowest BCUT2D eigenvalue weighted by molar-refractivity contribution is 0.818. The predicted molar refractivity (Wildman–Crippen MR) is 54.7 cm³/mol. The molecule has 0 radical (unpaired) electrons. The third-order valence-corrected chi connectivity index (χ3v) is 1.80. The minimum atomic E-state index is 0.611. The van der Waals surface area contributed by atoms with Crippen LogP contribution in [0, 0.1) is 11.8 Å². The Morgan fingerprint density at radius 3 is 3.15 bits per heavy atom. The Hall–Kier alpha value is -1.04. The van der Waals surface area contributed by atoms with Crippen molar-refractivity contribution in [2.45, 2.75) is 6.42 Å². The van der Waals surface area contributed by atoms with E-state index in [-0.39, 0.29) is 0 Å². The van der Waals surface area contributed by atoms with E-state index in [2.05, 4.69) is 22.1 Å². The number of pyridine rings is 1. The maximum atomic E-state index is 5.86. The van der Waals surface area contributed by atoms with Crippen LogP contribution in [-0.4, -0.2) is 18.6 Å². The van der Waals surface area contributed by atoms with Crippen molar-refractivity contribution in [1.29, 1.82) is 0 Å². The van der Waals surface area contributed by atoms with Crippen molar-refractivity contribution in [2.24, 2.45) is 0 Å². The molecule has 1 aromatic heterocycles. The second kappa shape index (κ2) is 5.58. The second-order valence-corrected chi connectivity index (χ2v) is 2.92. The van der Waals surface area contributed by atoms with Gasteiger partial charge in [0.15, 0.2) is 0 Å². The minimum Gasteiger partial charge on any atom is -0.319 e. The summed E-state index contributed by atoms with van der Waals surface area (Å²) < 4.78 is 0. The molecule has 0 spiro atoms. The summed E-state index contributed by atoms with van der Waals surface area (Å²) >= 11 is 5.86. The molecule has 0 aromatic carbocycles. The zero-order valence-corrected chi connectivity index (χ0v) is 8.23. The van der Waals surface area contributed by atoms with E-state index in [0.29, 0.717) is 5.02 Å². The molecule has 1 rings (SSSR count). The fraction of sp³-hybridized carbons (Fsp3) is 0.300. The molecule has 0 unspecified atom stereocenters. The SMILES string of the molecule is CNCCC#Cc1ccncc1Cl. The third-order valence-electron chi connectivity index (χ3n) is 1.50. The van der Waals surface area contributed by atoms with Crippen LogP contribution in [0.1, 0.15) is 12.0 Å². The van der Waals surface area contributed by atoms with Crippen LogP contribution in [-0.2, 0) is 0 Å². The lowest BCUT2D eigenvalue weighted by Gasteiger charge is -1.92. The maximum Gasteiger partial charge on any atom is 0.0745 e. The summed E-state index contributed by atoms with van der Waals surface area (Å²) in [6.07, 6.45) is 4.12. The molecule has 68 valence electrons. The molecule has 1 N–H and O–H groups in total. The topological polar surface area (TPSA) is 24.9 Å². The number of aromatic nitrogens is 1. The largest absolute Gasteiger partial charge is 0.319 e. The highest BCUT2D eigenvalue weighted by Crippen LogP contribution is 2.11. The summed E-state index contributed by atoms with van der Waals surface area (Å²) in [4.78, 5) is 3.88. The van der Waals surface area contributed by atoms with Crippen LogP contribution in [0.4, 0.5) is 0 Å². The van der Waals surface area contributed by atoms with Gasteiger partial charge < -0.3 is 5.32 Å². The summed E-state index contributed by atoms with van der Waals surface area (Å²) in [5, 5.41) is 3.63. The Kier molecular flexibility index (Phi) is 4.31. The van der Waals surface area contributed by atoms with Crippen LogP contribution >= 0.6 is 11.6 Å². The molecule has 2 nitrogen and oxygen atoms in total. The van der Waals surface area contributed by atoms with E-state index in [1.807, 2.05) is 13.1 Å². The average Bonchev–Trinajstić information content (AvgIpc) is 2.15. The smallest absolute Gasteiger partial charge is 0.0745 e. The molecule has 0 fully saturated rings. The number of nitrogens with zero attached hydrogens (tertiary/aromatic N) is 1. The predicted octanol–water partition coefficient (Wildman–Crippen LogP) is 1.70. The molecule has 0 aliphatic rings. The van der Waals surface area contributed by atoms with Gasteiger partial charge in [0.25, 0.3) is 0 Å². The van der Waals surface area contributed by atoms with E-state index in [4.69, 9.17) is 11.6 Å². The van der Waals surface area contributed by atoms with Gasteiger partial charge in [-0.05, 0) is 13.1 Å². The normalized spacial score (nSPS) is 9.08. The standard InChI is InChI=1S/C10H11ClN2/c1-12-6-3-2-4-9-5-7-13-8-10(9)11/h5,7-8,12H,3,6H2,1H3. The molecule has 1 aromatic rings. The average molecular weight is 195 g/mol. The molecule has 0 aliphatic heterocycles. The first-order chi connectivity index (χ1) is 6.34. The van der Waals surface area contributed by atoms with Crippen molar-refractivity contribution >= 4 is 11.6 Å². The van der Waals surface area contributed by atoms with Crippen molar-refractivity contribution in [2.75, 3.05) is 13.6 Å². The molecule has 13 heavy (non-hydrogen) atoms. The lowest BCUT2D eigenvalue weighted by atomic mass is 10.2. The first kappa shape index (κ1) is 10.0. The quantitative estimate of drug-likeness (QED) is 0.573. The van der Waals surface area contributed by atoms with Crippen molar-refractivity contribution in [1.82, 2.24) is 10.3 Å². The minimum absolute atomic E-state index is 0.611. The molecule has 0 atom stereocenters. The second-order valence-electron chi connectivity index (χ2n) is 2.51. The highest BCUT2D eigenvalue weighted by molar-refractivity contribution is 6.31. The van der Waals surface area contributed by atoms with Crippen molar-refractivity contribution in [3.05, 3.63) is 29.0 Å². The molecule has 0 bridgehead atoms. The summed E-state index contributed by atoms with van der Waals surface area (Å²) in [6.45, 7) is 0.899. The number of nitrogens with one attached hydrogen (secondary N) is 1. The van der Waals surface area contributed by atoms with Gasteiger partial charge in [0.1, 0.15) is 0 Å². The van der Waals surface area contributed by atoms with Crippen LogP contribution in [0.5, 0.6) is 0 Å². The van der Waals surface area contributed by atoms with Gasteiger partial charge in [-0.25, -0.2) is 0 Å². The number of rotatable bonds is 2. The summed E-state index contributed by atoms with van der Waals surface area (Å²) in [7, 11) is 1.90. The Labute approximate surface area is 83.3 Å². The highest BCUT2D eigenvalue weighted by Gasteiger charge is 1.92. The number of hydrogen-bond donors (Lipinski definition) is 1. The van der Waals surface area contributed by atoms with Crippen LogP contribution < -0.4 is 5.32 Å². The van der Waals surface area contributed by atoms with Gasteiger partial charge in [-0.2, -0.15) is 0 Å². The zero-order chi connectivity index (χ0) is 9.52. The van der Waals surface area contributed by atoms with Crippen molar-refractivity contribution in [3.8, 4) is 11.8 Å². The van der Waals surface area contributed by atoms with Crippen molar-refractivity contribution < 1.29 is 0 Å². The molecule has 0 saturated heterocycles. The van der Waals surface area contributed by atoms with Crippen molar-refractivity contribution in [3.63, 3.8) is 0 Å². The summed E-state index contributed by atoms with van der Waals surface area (Å²) in [5.41, 5.74) is 0.841. The maximum absolute atomic E-state index is 5.86. The summed E-state index contributed by atoms with van der Waals surface area (Å²) in [6, 6.07) is 1.81. The van der Waals surface area contributed by atoms with Gasteiger partial charge in [0, 0.05) is 30.9 Å². The molecule has 1 heterocycles. The molecule has 3 heteroatoms. The van der Waals surface area contributed by atoms with E-state index < -0.39 is 0 Å². The summed E-state index contributed by atoms with van der Waals surface area (Å²) in [5.74, 6) is 6.00. The van der Waals surface area contributed by atoms with E-state index in [1.54, 1.807) is 12.4 Å². The Bertz CT molecular complexity index is 325. The van der Waals surface area contributed by atoms with Crippen LogP contribution in [0.15, 0.2) is 18.5 Å². The monoisotopic (exact) mass is 194 g/mol. The van der Waals surface area contributed by atoms with E-state index in [0.717, 1.165) is 18.5 Å². The van der Waals surface area contributed by atoms with Gasteiger partial charge >= 0.3 is 0 Å². The highest BCUT2D eigenvalue weighted by atomic mass is 35.5. The van der Waals surface area contributed by atoms with Crippen LogP contribution in [0.25, 0.3) is 0 Å². The number of hydrogen-bond acceptors (Lipinski definition) is 2.